The third-order valence-corrected chi connectivity index (χ3v) is 1.78. The summed E-state index contributed by atoms with van der Waals surface area (Å²) in [5.74, 6) is 0. The number of nitrogens with zero attached hydrogens (tertiary/aromatic N) is 1. The number of benzene rings is 1. The SMILES string of the molecule is COCc1ccc2oc(N)nc2c1. The summed E-state index contributed by atoms with van der Waals surface area (Å²) in [7, 11) is 1.65. The molecule has 0 atom stereocenters. The number of hydrogen-bond acceptors (Lipinski definition) is 4. The van der Waals surface area contributed by atoms with Crippen LogP contribution in [0.5, 0.6) is 0 Å². The van der Waals surface area contributed by atoms with E-state index in [0.717, 1.165) is 11.1 Å². The van der Waals surface area contributed by atoms with E-state index < -0.39 is 0 Å². The van der Waals surface area contributed by atoms with Crippen LogP contribution < -0.4 is 5.73 Å². The predicted octanol–water partition coefficient (Wildman–Crippen LogP) is 1.56. The standard InChI is InChI=1S/C9H10N2O2/c1-12-5-6-2-3-8-7(4-6)11-9(10)13-8/h2-4H,5H2,1H3,(H2,10,11). The zero-order valence-electron chi connectivity index (χ0n) is 7.28. The highest BCUT2D eigenvalue weighted by atomic mass is 16.5. The second kappa shape index (κ2) is 3.06. The van der Waals surface area contributed by atoms with Crippen LogP contribution in [-0.2, 0) is 11.3 Å². The van der Waals surface area contributed by atoms with Crippen LogP contribution in [0.1, 0.15) is 5.56 Å². The summed E-state index contributed by atoms with van der Waals surface area (Å²) >= 11 is 0. The molecule has 1 aromatic carbocycles. The normalized spacial score (nSPS) is 10.8. The number of aromatic nitrogens is 1. The molecule has 2 N–H and O–H groups in total. The Morgan fingerprint density at radius 3 is 3.15 bits per heavy atom. The molecule has 0 saturated carbocycles. The zero-order chi connectivity index (χ0) is 9.26. The number of anilines is 1. The molecule has 0 aliphatic heterocycles. The first-order valence-electron chi connectivity index (χ1n) is 3.93. The van der Waals surface area contributed by atoms with E-state index >= 15 is 0 Å². The molecule has 68 valence electrons. The summed E-state index contributed by atoms with van der Waals surface area (Å²) < 4.78 is 10.1. The van der Waals surface area contributed by atoms with Crippen LogP contribution in [-0.4, -0.2) is 12.1 Å². The molecule has 4 nitrogen and oxygen atoms in total. The quantitative estimate of drug-likeness (QED) is 0.758. The van der Waals surface area contributed by atoms with Crippen LogP contribution >= 0.6 is 0 Å². The number of hydrogen-bond donors (Lipinski definition) is 1. The molecule has 0 aliphatic carbocycles. The minimum atomic E-state index is 0.199. The third kappa shape index (κ3) is 1.48. The monoisotopic (exact) mass is 178 g/mol. The number of fused-ring (bicyclic) bond motifs is 1. The molecule has 0 unspecified atom stereocenters. The van der Waals surface area contributed by atoms with Crippen LogP contribution in [0.25, 0.3) is 11.1 Å². The van der Waals surface area contributed by atoms with Crippen LogP contribution in [0.4, 0.5) is 6.01 Å². The Hall–Kier alpha value is -1.55. The smallest absolute Gasteiger partial charge is 0.292 e. The Balaban J connectivity index is 2.48. The van der Waals surface area contributed by atoms with Gasteiger partial charge in [0.15, 0.2) is 5.58 Å². The van der Waals surface area contributed by atoms with Gasteiger partial charge >= 0.3 is 0 Å². The van der Waals surface area contributed by atoms with Crippen LogP contribution in [0.2, 0.25) is 0 Å². The highest BCUT2D eigenvalue weighted by Crippen LogP contribution is 2.18. The van der Waals surface area contributed by atoms with E-state index in [-0.39, 0.29) is 6.01 Å². The van der Waals surface area contributed by atoms with Crippen molar-refractivity contribution in [3.05, 3.63) is 23.8 Å². The van der Waals surface area contributed by atoms with Crippen molar-refractivity contribution >= 4 is 17.1 Å². The van der Waals surface area contributed by atoms with Crippen molar-refractivity contribution < 1.29 is 9.15 Å². The molecule has 1 heterocycles. The molecule has 2 rings (SSSR count). The van der Waals surface area contributed by atoms with Crippen molar-refractivity contribution in [1.29, 1.82) is 0 Å². The largest absolute Gasteiger partial charge is 0.424 e. The third-order valence-electron chi connectivity index (χ3n) is 1.78. The van der Waals surface area contributed by atoms with E-state index in [0.29, 0.717) is 12.2 Å². The summed E-state index contributed by atoms with van der Waals surface area (Å²) in [5.41, 5.74) is 7.94. The van der Waals surface area contributed by atoms with E-state index in [1.54, 1.807) is 7.11 Å². The van der Waals surface area contributed by atoms with Crippen molar-refractivity contribution in [2.75, 3.05) is 12.8 Å². The van der Waals surface area contributed by atoms with Gasteiger partial charge in [0.1, 0.15) is 5.52 Å². The Morgan fingerprint density at radius 2 is 2.38 bits per heavy atom. The fraction of sp³-hybridized carbons (Fsp3) is 0.222. The highest BCUT2D eigenvalue weighted by molar-refractivity contribution is 5.74. The first-order chi connectivity index (χ1) is 6.29. The van der Waals surface area contributed by atoms with E-state index in [9.17, 15) is 0 Å². The van der Waals surface area contributed by atoms with Gasteiger partial charge in [0, 0.05) is 7.11 Å². The van der Waals surface area contributed by atoms with Gasteiger partial charge in [-0.05, 0) is 17.7 Å². The van der Waals surface area contributed by atoms with E-state index in [4.69, 9.17) is 14.9 Å². The van der Waals surface area contributed by atoms with Gasteiger partial charge in [0.2, 0.25) is 0 Å². The molecule has 0 bridgehead atoms. The predicted molar refractivity (Wildman–Crippen MR) is 49.1 cm³/mol. The summed E-state index contributed by atoms with van der Waals surface area (Å²) in [5, 5.41) is 0. The lowest BCUT2D eigenvalue weighted by Crippen LogP contribution is -1.86. The lowest BCUT2D eigenvalue weighted by Gasteiger charge is -1.96. The van der Waals surface area contributed by atoms with Gasteiger partial charge in [-0.1, -0.05) is 6.07 Å². The fourth-order valence-corrected chi connectivity index (χ4v) is 1.25. The Morgan fingerprint density at radius 1 is 1.54 bits per heavy atom. The maximum atomic E-state index is 5.41. The molecule has 0 radical (unpaired) electrons. The zero-order valence-corrected chi connectivity index (χ0v) is 7.28. The van der Waals surface area contributed by atoms with Gasteiger partial charge in [-0.15, -0.1) is 0 Å². The van der Waals surface area contributed by atoms with Gasteiger partial charge in [-0.25, -0.2) is 0 Å². The van der Waals surface area contributed by atoms with Crippen LogP contribution in [0.15, 0.2) is 22.6 Å². The number of ether oxygens (including phenoxy) is 1. The van der Waals surface area contributed by atoms with Crippen molar-refractivity contribution in [3.8, 4) is 0 Å². The number of methoxy groups -OCH3 is 1. The molecule has 13 heavy (non-hydrogen) atoms. The molecule has 0 spiro atoms. The first kappa shape index (κ1) is 8.07. The van der Waals surface area contributed by atoms with E-state index in [1.807, 2.05) is 18.2 Å². The van der Waals surface area contributed by atoms with Crippen LogP contribution in [0, 0.1) is 0 Å². The fourth-order valence-electron chi connectivity index (χ4n) is 1.25. The second-order valence-electron chi connectivity index (χ2n) is 2.79. The van der Waals surface area contributed by atoms with Crippen molar-refractivity contribution in [1.82, 2.24) is 4.98 Å². The molecular weight excluding hydrogens is 168 g/mol. The molecule has 2 aromatic rings. The van der Waals surface area contributed by atoms with Crippen molar-refractivity contribution in [2.24, 2.45) is 0 Å². The van der Waals surface area contributed by atoms with Crippen molar-refractivity contribution in [3.63, 3.8) is 0 Å². The average Bonchev–Trinajstić information content (AvgIpc) is 2.44. The molecule has 0 fully saturated rings. The molecule has 1 aromatic heterocycles. The first-order valence-corrected chi connectivity index (χ1v) is 3.93. The van der Waals surface area contributed by atoms with Gasteiger partial charge in [0.25, 0.3) is 6.01 Å². The maximum Gasteiger partial charge on any atom is 0.292 e. The minimum absolute atomic E-state index is 0.199. The Labute approximate surface area is 75.3 Å². The maximum absolute atomic E-state index is 5.41. The number of nitrogens with two attached hydrogens (primary N) is 1. The lowest BCUT2D eigenvalue weighted by atomic mass is 10.2. The molecule has 0 aliphatic rings. The molecular formula is C9H10N2O2. The lowest BCUT2D eigenvalue weighted by molar-refractivity contribution is 0.185. The molecule has 4 heteroatoms. The van der Waals surface area contributed by atoms with Gasteiger partial charge < -0.3 is 14.9 Å². The summed E-state index contributed by atoms with van der Waals surface area (Å²) in [4.78, 5) is 4.01. The highest BCUT2D eigenvalue weighted by Gasteiger charge is 2.02. The molecule has 0 saturated heterocycles. The second-order valence-corrected chi connectivity index (χ2v) is 2.79. The van der Waals surface area contributed by atoms with E-state index in [1.165, 1.54) is 0 Å². The number of rotatable bonds is 2. The summed E-state index contributed by atoms with van der Waals surface area (Å²) in [6.45, 7) is 0.572. The van der Waals surface area contributed by atoms with Gasteiger partial charge in [-0.2, -0.15) is 4.98 Å². The number of oxazole rings is 1. The average molecular weight is 178 g/mol. The minimum Gasteiger partial charge on any atom is -0.424 e. The Kier molecular flexibility index (Phi) is 1.90. The van der Waals surface area contributed by atoms with Gasteiger partial charge in [-0.3, -0.25) is 0 Å². The van der Waals surface area contributed by atoms with E-state index in [2.05, 4.69) is 4.98 Å². The van der Waals surface area contributed by atoms with Crippen molar-refractivity contribution in [2.45, 2.75) is 6.61 Å². The Bertz CT molecular complexity index is 422. The summed E-state index contributed by atoms with van der Waals surface area (Å²) in [6.07, 6.45) is 0. The summed E-state index contributed by atoms with van der Waals surface area (Å²) in [6, 6.07) is 5.87. The van der Waals surface area contributed by atoms with Gasteiger partial charge in [0.05, 0.1) is 6.61 Å². The number of nitrogen functional groups attached to an aromatic ring is 1. The van der Waals surface area contributed by atoms with Crippen LogP contribution in [0.3, 0.4) is 0 Å². The molecule has 0 amide bonds. The topological polar surface area (TPSA) is 61.3 Å².